The fourth-order valence-electron chi connectivity index (χ4n) is 2.56. The third-order valence-electron chi connectivity index (χ3n) is 3.83. The summed E-state index contributed by atoms with van der Waals surface area (Å²) in [5.41, 5.74) is 3.05. The summed E-state index contributed by atoms with van der Waals surface area (Å²) in [5, 5.41) is 2.98. The van der Waals surface area contributed by atoms with Crippen LogP contribution in [0.3, 0.4) is 0 Å². The van der Waals surface area contributed by atoms with Crippen LogP contribution in [0.15, 0.2) is 28.7 Å². The average Bonchev–Trinajstić information content (AvgIpc) is 2.87. The van der Waals surface area contributed by atoms with E-state index in [1.165, 1.54) is 5.56 Å². The van der Waals surface area contributed by atoms with Crippen LogP contribution in [0.1, 0.15) is 57.6 Å². The Morgan fingerprint density at radius 3 is 2.46 bits per heavy atom. The molecule has 130 valence electrons. The highest BCUT2D eigenvalue weighted by molar-refractivity contribution is 5.76. The molecule has 0 bridgehead atoms. The van der Waals surface area contributed by atoms with Crippen LogP contribution in [0.5, 0.6) is 0 Å². The minimum absolute atomic E-state index is 0.0824. The zero-order valence-corrected chi connectivity index (χ0v) is 15.4. The van der Waals surface area contributed by atoms with E-state index >= 15 is 0 Å². The summed E-state index contributed by atoms with van der Waals surface area (Å²) in [7, 11) is 0. The summed E-state index contributed by atoms with van der Waals surface area (Å²) in [5.74, 6) is 1.57. The molecule has 0 radical (unpaired) electrons. The zero-order chi connectivity index (χ0) is 17.7. The average molecular weight is 328 g/mol. The smallest absolute Gasteiger partial charge is 0.226 e. The van der Waals surface area contributed by atoms with Crippen LogP contribution in [0.2, 0.25) is 0 Å². The van der Waals surface area contributed by atoms with Gasteiger partial charge < -0.3 is 9.73 Å². The quantitative estimate of drug-likeness (QED) is 0.852. The van der Waals surface area contributed by atoms with Gasteiger partial charge in [-0.15, -0.1) is 0 Å². The maximum Gasteiger partial charge on any atom is 0.226 e. The number of nitrogens with one attached hydrogen (secondary N) is 1. The highest BCUT2D eigenvalue weighted by Gasteiger charge is 2.15. The van der Waals surface area contributed by atoms with Crippen molar-refractivity contribution in [3.8, 4) is 11.5 Å². The molecular formula is C20H28N2O2. The van der Waals surface area contributed by atoms with Crippen molar-refractivity contribution in [1.29, 1.82) is 0 Å². The Kier molecular flexibility index (Phi) is 5.81. The van der Waals surface area contributed by atoms with Crippen molar-refractivity contribution in [1.82, 2.24) is 10.3 Å². The number of nitrogens with zero attached hydrogens (tertiary/aromatic N) is 1. The molecule has 0 saturated heterocycles. The minimum atomic E-state index is -0.182. The first-order valence-corrected chi connectivity index (χ1v) is 8.65. The fourth-order valence-corrected chi connectivity index (χ4v) is 2.56. The molecule has 1 N–H and O–H groups in total. The summed E-state index contributed by atoms with van der Waals surface area (Å²) in [4.78, 5) is 16.5. The second-order valence-corrected chi connectivity index (χ2v) is 7.22. The Labute approximate surface area is 144 Å². The van der Waals surface area contributed by atoms with Gasteiger partial charge in [0, 0.05) is 17.5 Å². The fraction of sp³-hybridized carbons (Fsp3) is 0.500. The monoisotopic (exact) mass is 328 g/mol. The predicted octanol–water partition coefficient (Wildman–Crippen LogP) is 4.45. The number of benzene rings is 1. The van der Waals surface area contributed by atoms with Crippen LogP contribution in [-0.4, -0.2) is 16.4 Å². The van der Waals surface area contributed by atoms with E-state index < -0.39 is 0 Å². The molecule has 0 aliphatic rings. The molecule has 1 aromatic carbocycles. The lowest BCUT2D eigenvalue weighted by Gasteiger charge is -2.20. The maximum atomic E-state index is 11.9. The molecule has 0 saturated carbocycles. The summed E-state index contributed by atoms with van der Waals surface area (Å²) in [6.45, 7) is 10.0. The van der Waals surface area contributed by atoms with Gasteiger partial charge in [-0.1, -0.05) is 19.1 Å². The van der Waals surface area contributed by atoms with Crippen LogP contribution < -0.4 is 5.32 Å². The van der Waals surface area contributed by atoms with Gasteiger partial charge in [0.1, 0.15) is 5.76 Å². The summed E-state index contributed by atoms with van der Waals surface area (Å²) in [6, 6.07) is 8.30. The molecule has 1 heterocycles. The van der Waals surface area contributed by atoms with Gasteiger partial charge in [-0.05, 0) is 64.7 Å². The molecule has 2 rings (SSSR count). The van der Waals surface area contributed by atoms with Gasteiger partial charge in [-0.2, -0.15) is 0 Å². The van der Waals surface area contributed by atoms with E-state index in [-0.39, 0.29) is 11.4 Å². The topological polar surface area (TPSA) is 55.1 Å². The second kappa shape index (κ2) is 7.65. The number of oxazole rings is 1. The Bertz CT molecular complexity index is 679. The lowest BCUT2D eigenvalue weighted by atomic mass is 10.1. The van der Waals surface area contributed by atoms with Crippen molar-refractivity contribution < 1.29 is 9.21 Å². The Morgan fingerprint density at radius 2 is 1.88 bits per heavy atom. The number of amides is 1. The number of aryl methyl sites for hydroxylation is 3. The largest absolute Gasteiger partial charge is 0.441 e. The van der Waals surface area contributed by atoms with Crippen LogP contribution in [0, 0.1) is 6.92 Å². The molecule has 2 aromatic rings. The van der Waals surface area contributed by atoms with Crippen molar-refractivity contribution in [2.24, 2.45) is 0 Å². The van der Waals surface area contributed by atoms with Crippen LogP contribution in [0.4, 0.5) is 0 Å². The molecule has 0 atom stereocenters. The van der Waals surface area contributed by atoms with E-state index in [4.69, 9.17) is 4.42 Å². The zero-order valence-electron chi connectivity index (χ0n) is 15.4. The van der Waals surface area contributed by atoms with Gasteiger partial charge in [0.2, 0.25) is 11.8 Å². The van der Waals surface area contributed by atoms with E-state index in [9.17, 15) is 4.79 Å². The van der Waals surface area contributed by atoms with Crippen molar-refractivity contribution in [2.75, 3.05) is 0 Å². The SMILES string of the molecule is CCc1ccc(-c2nc(CCCC(=O)NC(C)(C)C)c(C)o2)cc1. The summed E-state index contributed by atoms with van der Waals surface area (Å²) in [6.07, 6.45) is 3.04. The highest BCUT2D eigenvalue weighted by Crippen LogP contribution is 2.23. The Hall–Kier alpha value is -2.10. The first kappa shape index (κ1) is 18.2. The predicted molar refractivity (Wildman–Crippen MR) is 96.9 cm³/mol. The molecule has 4 nitrogen and oxygen atoms in total. The van der Waals surface area contributed by atoms with E-state index in [0.29, 0.717) is 12.3 Å². The van der Waals surface area contributed by atoms with Crippen molar-refractivity contribution in [3.05, 3.63) is 41.3 Å². The Balaban J connectivity index is 1.95. The van der Waals surface area contributed by atoms with Gasteiger partial charge in [-0.3, -0.25) is 4.79 Å². The number of aromatic nitrogens is 1. The van der Waals surface area contributed by atoms with Gasteiger partial charge in [-0.25, -0.2) is 4.98 Å². The molecule has 4 heteroatoms. The molecule has 0 aliphatic carbocycles. The first-order chi connectivity index (χ1) is 11.3. The molecular weight excluding hydrogens is 300 g/mol. The van der Waals surface area contributed by atoms with E-state index in [1.807, 2.05) is 39.8 Å². The van der Waals surface area contributed by atoms with Gasteiger partial charge in [0.15, 0.2) is 0 Å². The van der Waals surface area contributed by atoms with Crippen molar-refractivity contribution in [3.63, 3.8) is 0 Å². The van der Waals surface area contributed by atoms with Crippen LogP contribution in [-0.2, 0) is 17.6 Å². The highest BCUT2D eigenvalue weighted by atomic mass is 16.4. The van der Waals surface area contributed by atoms with Crippen molar-refractivity contribution in [2.45, 2.75) is 65.8 Å². The van der Waals surface area contributed by atoms with E-state index in [2.05, 4.69) is 29.4 Å². The van der Waals surface area contributed by atoms with Gasteiger partial charge in [0.25, 0.3) is 0 Å². The van der Waals surface area contributed by atoms with E-state index in [1.54, 1.807) is 0 Å². The van der Waals surface area contributed by atoms with Crippen LogP contribution >= 0.6 is 0 Å². The number of carbonyl (C=O) groups excluding carboxylic acids is 1. The Morgan fingerprint density at radius 1 is 1.21 bits per heavy atom. The molecule has 0 aliphatic heterocycles. The molecule has 0 spiro atoms. The lowest BCUT2D eigenvalue weighted by molar-refractivity contribution is -0.122. The minimum Gasteiger partial charge on any atom is -0.441 e. The maximum absolute atomic E-state index is 11.9. The summed E-state index contributed by atoms with van der Waals surface area (Å²) >= 11 is 0. The standard InChI is InChI=1S/C20H28N2O2/c1-6-15-10-12-16(13-11-15)19-21-17(14(2)24-19)8-7-9-18(23)22-20(3,4)5/h10-13H,6-9H2,1-5H3,(H,22,23). The van der Waals surface area contributed by atoms with Gasteiger partial charge in [0.05, 0.1) is 5.69 Å². The molecule has 1 aromatic heterocycles. The molecule has 1 amide bonds. The lowest BCUT2D eigenvalue weighted by Crippen LogP contribution is -2.40. The van der Waals surface area contributed by atoms with Crippen molar-refractivity contribution >= 4 is 5.91 Å². The number of rotatable bonds is 6. The molecule has 0 unspecified atom stereocenters. The number of hydrogen-bond donors (Lipinski definition) is 1. The molecule has 0 fully saturated rings. The summed E-state index contributed by atoms with van der Waals surface area (Å²) < 4.78 is 5.80. The molecule has 24 heavy (non-hydrogen) atoms. The van der Waals surface area contributed by atoms with Gasteiger partial charge >= 0.3 is 0 Å². The third kappa shape index (κ3) is 5.22. The normalized spacial score (nSPS) is 11.5. The number of carbonyl (C=O) groups is 1. The van der Waals surface area contributed by atoms with Crippen LogP contribution in [0.25, 0.3) is 11.5 Å². The van der Waals surface area contributed by atoms with E-state index in [0.717, 1.165) is 36.3 Å². The third-order valence-corrected chi connectivity index (χ3v) is 3.83. The first-order valence-electron chi connectivity index (χ1n) is 8.65. The second-order valence-electron chi connectivity index (χ2n) is 7.22. The number of hydrogen-bond acceptors (Lipinski definition) is 3.